The van der Waals surface area contributed by atoms with E-state index in [9.17, 15) is 35.5 Å². The standard InChI is InChI=1S/C17H20F7NO3S/c1-9(2)29-13-8-11(27-3)10(7-12(13)28-4)5-6-25-14(26)15(18,19)16(20,21)17(22,23)24/h7-9H,5-6H2,1-4H3,(H,25,26). The molecule has 0 aliphatic rings. The molecular formula is C17H20F7NO3S. The number of hydrogen-bond donors (Lipinski definition) is 1. The molecule has 0 saturated carbocycles. The molecule has 0 heterocycles. The fraction of sp³-hybridized carbons (Fsp3) is 0.588. The molecule has 1 N–H and O–H groups in total. The van der Waals surface area contributed by atoms with Gasteiger partial charge in [-0.2, -0.15) is 30.7 Å². The van der Waals surface area contributed by atoms with Gasteiger partial charge in [-0.25, -0.2) is 0 Å². The van der Waals surface area contributed by atoms with Crippen LogP contribution < -0.4 is 14.8 Å². The van der Waals surface area contributed by atoms with Gasteiger partial charge in [-0.05, 0) is 24.1 Å². The van der Waals surface area contributed by atoms with E-state index in [1.54, 1.807) is 6.07 Å². The summed E-state index contributed by atoms with van der Waals surface area (Å²) in [6.07, 6.45) is -6.75. The third kappa shape index (κ3) is 5.61. The average molecular weight is 451 g/mol. The first-order chi connectivity index (χ1) is 13.2. The van der Waals surface area contributed by atoms with Gasteiger partial charge in [0.05, 0.1) is 19.1 Å². The quantitative estimate of drug-likeness (QED) is 0.437. The van der Waals surface area contributed by atoms with Gasteiger partial charge < -0.3 is 14.8 Å². The lowest BCUT2D eigenvalue weighted by atomic mass is 10.1. The van der Waals surface area contributed by atoms with Crippen LogP contribution in [-0.2, 0) is 11.2 Å². The Morgan fingerprint density at radius 3 is 2.03 bits per heavy atom. The summed E-state index contributed by atoms with van der Waals surface area (Å²) in [6, 6.07) is 3.13. The van der Waals surface area contributed by atoms with Crippen molar-refractivity contribution in [3.63, 3.8) is 0 Å². The smallest absolute Gasteiger partial charge is 0.460 e. The number of hydrogen-bond acceptors (Lipinski definition) is 4. The van der Waals surface area contributed by atoms with Crippen LogP contribution in [0.3, 0.4) is 0 Å². The summed E-state index contributed by atoms with van der Waals surface area (Å²) in [6.45, 7) is 3.26. The van der Waals surface area contributed by atoms with E-state index < -0.39 is 30.5 Å². The Hall–Kier alpha value is -1.85. The predicted molar refractivity (Wildman–Crippen MR) is 93.2 cm³/mol. The molecule has 0 atom stereocenters. The lowest BCUT2D eigenvalue weighted by molar-refractivity contribution is -0.344. The van der Waals surface area contributed by atoms with Crippen molar-refractivity contribution in [2.75, 3.05) is 20.8 Å². The number of ether oxygens (including phenoxy) is 2. The molecule has 0 unspecified atom stereocenters. The van der Waals surface area contributed by atoms with Crippen molar-refractivity contribution in [3.05, 3.63) is 17.7 Å². The number of halogens is 7. The number of carbonyl (C=O) groups excluding carboxylic acids is 1. The SMILES string of the molecule is COc1cc(SC(C)C)c(OC)cc1CCNC(=O)C(F)(F)C(F)(F)C(F)(F)F. The molecule has 1 aromatic carbocycles. The number of nitrogens with one attached hydrogen (secondary N) is 1. The molecule has 0 fully saturated rings. The zero-order valence-corrected chi connectivity index (χ0v) is 16.7. The summed E-state index contributed by atoms with van der Waals surface area (Å²) in [5.41, 5.74) is 0.378. The fourth-order valence-electron chi connectivity index (χ4n) is 2.22. The van der Waals surface area contributed by atoms with Gasteiger partial charge in [0, 0.05) is 11.8 Å². The molecule has 0 aliphatic heterocycles. The Balaban J connectivity index is 2.94. The van der Waals surface area contributed by atoms with Gasteiger partial charge >= 0.3 is 18.0 Å². The van der Waals surface area contributed by atoms with Crippen LogP contribution in [0.5, 0.6) is 11.5 Å². The number of methoxy groups -OCH3 is 2. The maximum absolute atomic E-state index is 13.3. The minimum absolute atomic E-state index is 0.175. The van der Waals surface area contributed by atoms with E-state index in [4.69, 9.17) is 9.47 Å². The fourth-order valence-corrected chi connectivity index (χ4v) is 3.16. The maximum atomic E-state index is 13.3. The van der Waals surface area contributed by atoms with Gasteiger partial charge in [0.2, 0.25) is 0 Å². The lowest BCUT2D eigenvalue weighted by Crippen LogP contribution is -2.59. The van der Waals surface area contributed by atoms with Gasteiger partial charge in [-0.3, -0.25) is 4.79 Å². The van der Waals surface area contributed by atoms with E-state index in [2.05, 4.69) is 0 Å². The zero-order valence-electron chi connectivity index (χ0n) is 15.9. The Morgan fingerprint density at radius 2 is 1.59 bits per heavy atom. The van der Waals surface area contributed by atoms with Crippen molar-refractivity contribution in [1.29, 1.82) is 0 Å². The summed E-state index contributed by atoms with van der Waals surface area (Å²) in [5, 5.41) is 1.62. The Labute approximate surface area is 167 Å². The van der Waals surface area contributed by atoms with E-state index in [1.807, 2.05) is 13.8 Å². The molecule has 12 heteroatoms. The van der Waals surface area contributed by atoms with Gasteiger partial charge in [0.1, 0.15) is 11.5 Å². The van der Waals surface area contributed by atoms with E-state index in [-0.39, 0.29) is 11.7 Å². The topological polar surface area (TPSA) is 47.6 Å². The first kappa shape index (κ1) is 25.2. The molecule has 1 amide bonds. The average Bonchev–Trinajstić information content (AvgIpc) is 2.60. The summed E-state index contributed by atoms with van der Waals surface area (Å²) in [7, 11) is 2.74. The highest BCUT2D eigenvalue weighted by Gasteiger charge is 2.76. The number of benzene rings is 1. The third-order valence-electron chi connectivity index (χ3n) is 3.64. The predicted octanol–water partition coefficient (Wildman–Crippen LogP) is 4.70. The van der Waals surface area contributed by atoms with Crippen LogP contribution in [0.2, 0.25) is 0 Å². The maximum Gasteiger partial charge on any atom is 0.460 e. The largest absolute Gasteiger partial charge is 0.496 e. The van der Waals surface area contributed by atoms with Crippen LogP contribution in [0, 0.1) is 0 Å². The highest BCUT2D eigenvalue weighted by Crippen LogP contribution is 2.46. The molecule has 0 bridgehead atoms. The number of amides is 1. The van der Waals surface area contributed by atoms with Crippen LogP contribution >= 0.6 is 11.8 Å². The second-order valence-electron chi connectivity index (χ2n) is 6.13. The van der Waals surface area contributed by atoms with Crippen molar-refractivity contribution in [3.8, 4) is 11.5 Å². The van der Waals surface area contributed by atoms with Crippen LogP contribution in [0.1, 0.15) is 19.4 Å². The number of rotatable bonds is 9. The van der Waals surface area contributed by atoms with Crippen LogP contribution in [-0.4, -0.2) is 49.9 Å². The van der Waals surface area contributed by atoms with Crippen molar-refractivity contribution in [1.82, 2.24) is 5.32 Å². The Kier molecular flexibility index (Phi) is 8.09. The van der Waals surface area contributed by atoms with Crippen molar-refractivity contribution in [2.24, 2.45) is 0 Å². The van der Waals surface area contributed by atoms with Crippen molar-refractivity contribution in [2.45, 2.75) is 48.4 Å². The monoisotopic (exact) mass is 451 g/mol. The summed E-state index contributed by atoms with van der Waals surface area (Å²) in [5.74, 6) is -14.4. The Bertz CT molecular complexity index is 724. The van der Waals surface area contributed by atoms with Gasteiger partial charge in [0.15, 0.2) is 0 Å². The van der Waals surface area contributed by atoms with E-state index in [1.165, 1.54) is 37.4 Å². The first-order valence-electron chi connectivity index (χ1n) is 8.21. The van der Waals surface area contributed by atoms with Crippen LogP contribution in [0.25, 0.3) is 0 Å². The zero-order chi connectivity index (χ0) is 22.6. The molecule has 0 spiro atoms. The molecule has 1 aromatic rings. The van der Waals surface area contributed by atoms with Crippen LogP contribution in [0.15, 0.2) is 17.0 Å². The number of thioether (sulfide) groups is 1. The number of alkyl halides is 7. The molecule has 0 saturated heterocycles. The minimum Gasteiger partial charge on any atom is -0.496 e. The normalized spacial score (nSPS) is 12.8. The van der Waals surface area contributed by atoms with Crippen molar-refractivity contribution < 1.29 is 45.0 Å². The number of carbonyl (C=O) groups is 1. The molecule has 0 aliphatic carbocycles. The van der Waals surface area contributed by atoms with E-state index in [0.29, 0.717) is 17.1 Å². The second-order valence-corrected chi connectivity index (χ2v) is 7.75. The summed E-state index contributed by atoms with van der Waals surface area (Å²) in [4.78, 5) is 12.0. The molecule has 4 nitrogen and oxygen atoms in total. The van der Waals surface area contributed by atoms with Crippen molar-refractivity contribution >= 4 is 17.7 Å². The molecule has 0 aromatic heterocycles. The van der Waals surface area contributed by atoms with Gasteiger partial charge in [0.25, 0.3) is 5.91 Å². The molecule has 0 radical (unpaired) electrons. The van der Waals surface area contributed by atoms with Gasteiger partial charge in [-0.1, -0.05) is 13.8 Å². The molecule has 29 heavy (non-hydrogen) atoms. The van der Waals surface area contributed by atoms with E-state index in [0.717, 1.165) is 4.90 Å². The van der Waals surface area contributed by atoms with Crippen LogP contribution in [0.4, 0.5) is 30.7 Å². The Morgan fingerprint density at radius 1 is 1.03 bits per heavy atom. The molecular weight excluding hydrogens is 431 g/mol. The molecule has 1 rings (SSSR count). The van der Waals surface area contributed by atoms with Gasteiger partial charge in [-0.15, -0.1) is 11.8 Å². The third-order valence-corrected chi connectivity index (χ3v) is 4.69. The van der Waals surface area contributed by atoms with E-state index >= 15 is 0 Å². The minimum atomic E-state index is -6.58. The lowest BCUT2D eigenvalue weighted by Gasteiger charge is -2.27. The summed E-state index contributed by atoms with van der Waals surface area (Å²) < 4.78 is 99.3. The molecule has 166 valence electrons. The summed E-state index contributed by atoms with van der Waals surface area (Å²) >= 11 is 1.46. The highest BCUT2D eigenvalue weighted by molar-refractivity contribution is 8.00. The first-order valence-corrected chi connectivity index (χ1v) is 9.09. The highest BCUT2D eigenvalue weighted by atomic mass is 32.2. The second kappa shape index (κ2) is 9.31.